The second-order valence-electron chi connectivity index (χ2n) is 8.48. The molecule has 3 heterocycles. The van der Waals surface area contributed by atoms with Gasteiger partial charge in [0.1, 0.15) is 11.6 Å². The maximum Gasteiger partial charge on any atom is 0.309 e. The monoisotopic (exact) mass is 465 g/mol. The van der Waals surface area contributed by atoms with Crippen LogP contribution in [0.15, 0.2) is 83.5 Å². The van der Waals surface area contributed by atoms with Crippen molar-refractivity contribution < 1.29 is 18.7 Å². The van der Waals surface area contributed by atoms with Crippen molar-refractivity contribution in [3.05, 3.63) is 113 Å². The van der Waals surface area contributed by atoms with Crippen LogP contribution in [0.5, 0.6) is 0 Å². The zero-order valence-electron chi connectivity index (χ0n) is 18.6. The summed E-state index contributed by atoms with van der Waals surface area (Å²) in [6.45, 7) is 0. The van der Waals surface area contributed by atoms with E-state index in [2.05, 4.69) is 0 Å². The van der Waals surface area contributed by atoms with E-state index in [1.54, 1.807) is 28.9 Å². The van der Waals surface area contributed by atoms with Crippen LogP contribution in [0.3, 0.4) is 0 Å². The van der Waals surface area contributed by atoms with Gasteiger partial charge >= 0.3 is 5.97 Å². The van der Waals surface area contributed by atoms with Gasteiger partial charge in [0.2, 0.25) is 0 Å². The zero-order valence-corrected chi connectivity index (χ0v) is 18.6. The number of fused-ring (bicyclic) bond motifs is 5. The van der Waals surface area contributed by atoms with Crippen LogP contribution in [-0.4, -0.2) is 25.4 Å². The van der Waals surface area contributed by atoms with E-state index < -0.39 is 11.8 Å². The van der Waals surface area contributed by atoms with Crippen molar-refractivity contribution in [1.29, 1.82) is 0 Å². The lowest BCUT2D eigenvalue weighted by Crippen LogP contribution is -2.08. The molecule has 6 nitrogen and oxygen atoms in total. The van der Waals surface area contributed by atoms with Gasteiger partial charge in [-0.2, -0.15) is 0 Å². The lowest BCUT2D eigenvalue weighted by Gasteiger charge is -2.12. The zero-order chi connectivity index (χ0) is 23.9. The molecule has 0 radical (unpaired) electrons. The minimum absolute atomic E-state index is 0.268. The third-order valence-electron chi connectivity index (χ3n) is 6.20. The number of furan rings is 1. The first-order valence-electron chi connectivity index (χ1n) is 11.3. The van der Waals surface area contributed by atoms with E-state index in [0.29, 0.717) is 63.1 Å². The van der Waals surface area contributed by atoms with Gasteiger partial charge in [-0.1, -0.05) is 54.6 Å². The summed E-state index contributed by atoms with van der Waals surface area (Å²) < 4.78 is 22.5. The Bertz CT molecular complexity index is 1710. The molecule has 0 unspecified atom stereocenters. The van der Waals surface area contributed by atoms with Crippen molar-refractivity contribution in [2.45, 2.75) is 19.3 Å². The topological polar surface area (TPSA) is 80.6 Å². The lowest BCUT2D eigenvalue weighted by molar-refractivity contribution is -0.136. The standard InChI is InChI=1S/C28H20FN3O3/c29-21-15-25-27(20-11-5-4-10-19(20)21)30-23(13-17-7-2-1-3-8-17)28-31-22(14-18-9-6-12-35-18)24(32(25)28)16-26(33)34/h1-12,15H,13-14,16H2,(H,33,34). The number of carboxylic acid groups (broad SMARTS) is 1. The van der Waals surface area contributed by atoms with Crippen LogP contribution in [0.25, 0.3) is 27.5 Å². The molecule has 0 saturated carbocycles. The second-order valence-corrected chi connectivity index (χ2v) is 8.48. The molecule has 0 fully saturated rings. The number of hydrogen-bond donors (Lipinski definition) is 1. The van der Waals surface area contributed by atoms with Gasteiger partial charge in [0, 0.05) is 23.3 Å². The molecule has 35 heavy (non-hydrogen) atoms. The summed E-state index contributed by atoms with van der Waals surface area (Å²) in [4.78, 5) is 21.7. The van der Waals surface area contributed by atoms with Gasteiger partial charge in [0.25, 0.3) is 0 Å². The third-order valence-corrected chi connectivity index (χ3v) is 6.20. The highest BCUT2D eigenvalue weighted by molar-refractivity contribution is 6.05. The van der Waals surface area contributed by atoms with E-state index in [-0.39, 0.29) is 6.42 Å². The molecule has 6 aromatic rings. The summed E-state index contributed by atoms with van der Waals surface area (Å²) >= 11 is 0. The molecule has 0 bridgehead atoms. The highest BCUT2D eigenvalue weighted by Crippen LogP contribution is 2.31. The SMILES string of the molecule is O=C(O)Cc1c(Cc2ccco2)nc2c(Cc3ccccc3)nc3c4ccccc4c(F)cc3n12. The fourth-order valence-corrected chi connectivity index (χ4v) is 4.68. The number of hydrogen-bond acceptors (Lipinski definition) is 4. The third kappa shape index (κ3) is 3.71. The smallest absolute Gasteiger partial charge is 0.309 e. The summed E-state index contributed by atoms with van der Waals surface area (Å²) in [6.07, 6.45) is 2.12. The van der Waals surface area contributed by atoms with E-state index in [1.165, 1.54) is 6.07 Å². The highest BCUT2D eigenvalue weighted by atomic mass is 19.1. The Kier molecular flexibility index (Phi) is 5.03. The normalized spacial score (nSPS) is 11.6. The van der Waals surface area contributed by atoms with Crippen LogP contribution in [0, 0.1) is 5.82 Å². The number of rotatable bonds is 6. The van der Waals surface area contributed by atoms with Gasteiger partial charge in [-0.3, -0.25) is 9.20 Å². The van der Waals surface area contributed by atoms with Gasteiger partial charge in [0.05, 0.1) is 47.2 Å². The van der Waals surface area contributed by atoms with Crippen LogP contribution in [0.2, 0.25) is 0 Å². The molecule has 0 aliphatic rings. The van der Waals surface area contributed by atoms with E-state index in [0.717, 1.165) is 5.56 Å². The summed E-state index contributed by atoms with van der Waals surface area (Å²) in [5, 5.41) is 10.9. The van der Waals surface area contributed by atoms with Crippen molar-refractivity contribution in [2.24, 2.45) is 0 Å². The number of nitrogens with zero attached hydrogens (tertiary/aromatic N) is 3. The van der Waals surface area contributed by atoms with Crippen LogP contribution in [-0.2, 0) is 24.1 Å². The molecule has 0 aliphatic carbocycles. The quantitative estimate of drug-likeness (QED) is 0.325. The Hall–Kier alpha value is -4.52. The number of imidazole rings is 1. The number of benzene rings is 3. The molecule has 0 spiro atoms. The number of carboxylic acids is 1. The number of aliphatic carboxylic acids is 1. The Balaban J connectivity index is 1.72. The fourth-order valence-electron chi connectivity index (χ4n) is 4.68. The predicted molar refractivity (Wildman–Crippen MR) is 130 cm³/mol. The van der Waals surface area contributed by atoms with E-state index >= 15 is 4.39 Å². The Morgan fingerprint density at radius 3 is 2.43 bits per heavy atom. The van der Waals surface area contributed by atoms with Gasteiger partial charge in [-0.25, -0.2) is 14.4 Å². The lowest BCUT2D eigenvalue weighted by atomic mass is 10.1. The summed E-state index contributed by atoms with van der Waals surface area (Å²) in [7, 11) is 0. The van der Waals surface area contributed by atoms with Crippen molar-refractivity contribution in [2.75, 3.05) is 0 Å². The Labute approximate surface area is 199 Å². The number of carbonyl (C=O) groups is 1. The maximum absolute atomic E-state index is 15.2. The molecule has 6 rings (SSSR count). The summed E-state index contributed by atoms with van der Waals surface area (Å²) in [5.41, 5.74) is 4.41. The molecule has 172 valence electrons. The minimum Gasteiger partial charge on any atom is -0.481 e. The van der Waals surface area contributed by atoms with Crippen LogP contribution in [0.1, 0.15) is 28.4 Å². The summed E-state index contributed by atoms with van der Waals surface area (Å²) in [6, 6.07) is 22.1. The molecule has 1 N–H and O–H groups in total. The van der Waals surface area contributed by atoms with Gasteiger partial charge in [0.15, 0.2) is 5.65 Å². The van der Waals surface area contributed by atoms with Gasteiger partial charge in [-0.15, -0.1) is 0 Å². The molecule has 3 aromatic heterocycles. The maximum atomic E-state index is 15.2. The Morgan fingerprint density at radius 1 is 0.914 bits per heavy atom. The molecular formula is C28H20FN3O3. The molecule has 3 aromatic carbocycles. The molecule has 0 aliphatic heterocycles. The molecule has 0 atom stereocenters. The largest absolute Gasteiger partial charge is 0.481 e. The van der Waals surface area contributed by atoms with Crippen molar-refractivity contribution in [1.82, 2.24) is 14.4 Å². The van der Waals surface area contributed by atoms with Crippen LogP contribution in [0.4, 0.5) is 4.39 Å². The minimum atomic E-state index is -0.997. The summed E-state index contributed by atoms with van der Waals surface area (Å²) in [5.74, 6) is -0.726. The second kappa shape index (κ2) is 8.36. The van der Waals surface area contributed by atoms with E-state index in [1.807, 2.05) is 48.5 Å². The average molecular weight is 465 g/mol. The average Bonchev–Trinajstić information content (AvgIpc) is 3.49. The van der Waals surface area contributed by atoms with Gasteiger partial charge < -0.3 is 9.52 Å². The predicted octanol–water partition coefficient (Wildman–Crippen LogP) is 5.58. The molecule has 0 saturated heterocycles. The van der Waals surface area contributed by atoms with E-state index in [9.17, 15) is 9.90 Å². The molecule has 0 amide bonds. The number of aromatic nitrogens is 3. The van der Waals surface area contributed by atoms with Crippen molar-refractivity contribution in [3.63, 3.8) is 0 Å². The van der Waals surface area contributed by atoms with E-state index in [4.69, 9.17) is 14.4 Å². The first kappa shape index (κ1) is 21.0. The first-order chi connectivity index (χ1) is 17.1. The van der Waals surface area contributed by atoms with Crippen molar-refractivity contribution in [3.8, 4) is 0 Å². The fraction of sp³-hybridized carbons (Fsp3) is 0.107. The van der Waals surface area contributed by atoms with Crippen molar-refractivity contribution >= 4 is 33.4 Å². The molecular weight excluding hydrogens is 445 g/mol. The highest BCUT2D eigenvalue weighted by Gasteiger charge is 2.23. The van der Waals surface area contributed by atoms with Gasteiger partial charge in [-0.05, 0) is 17.7 Å². The van der Waals surface area contributed by atoms with Crippen LogP contribution >= 0.6 is 0 Å². The first-order valence-corrected chi connectivity index (χ1v) is 11.3. The Morgan fingerprint density at radius 2 is 1.69 bits per heavy atom. The number of halogens is 1. The molecule has 7 heteroatoms. The van der Waals surface area contributed by atoms with Crippen LogP contribution < -0.4 is 0 Å².